The van der Waals surface area contributed by atoms with Gasteiger partial charge in [-0.15, -0.1) is 0 Å². The molecule has 0 aliphatic rings. The second kappa shape index (κ2) is 5.03. The van der Waals surface area contributed by atoms with Crippen molar-refractivity contribution in [1.82, 2.24) is 0 Å². The molecule has 0 aliphatic heterocycles. The molecule has 0 heterocycles. The van der Waals surface area contributed by atoms with E-state index in [-0.39, 0.29) is 10.7 Å². The van der Waals surface area contributed by atoms with Crippen LogP contribution >= 0.6 is 27.5 Å². The Morgan fingerprint density at radius 3 is 2.35 bits per heavy atom. The average Bonchev–Trinajstić information content (AvgIpc) is 2.14. The maximum absolute atomic E-state index is 12.4. The van der Waals surface area contributed by atoms with Gasteiger partial charge in [0.25, 0.3) is 0 Å². The molecule has 1 N–H and O–H groups in total. The van der Waals surface area contributed by atoms with E-state index in [1.165, 1.54) is 0 Å². The first-order chi connectivity index (χ1) is 7.64. The molecule has 0 spiro atoms. The van der Waals surface area contributed by atoms with Crippen LogP contribution in [0.4, 0.5) is 18.9 Å². The molecule has 1 aromatic carbocycles. The highest BCUT2D eigenvalue weighted by molar-refractivity contribution is 9.10. The topological polar surface area (TPSA) is 46.2 Å². The maximum atomic E-state index is 12.4. The lowest BCUT2D eigenvalue weighted by Gasteiger charge is -2.11. The molecular formula is C8H6BrClF3NO2S. The zero-order valence-corrected chi connectivity index (χ0v) is 11.2. The molecule has 0 aliphatic carbocycles. The minimum absolute atomic E-state index is 0.202. The van der Waals surface area contributed by atoms with Crippen LogP contribution in [0, 0.1) is 0 Å². The number of hydrogen-bond donors (Lipinski definition) is 1. The molecule has 0 bridgehead atoms. The van der Waals surface area contributed by atoms with Crippen LogP contribution in [0.15, 0.2) is 18.2 Å². The zero-order valence-electron chi connectivity index (χ0n) is 8.05. The summed E-state index contributed by atoms with van der Waals surface area (Å²) < 4.78 is 61.1. The molecule has 0 atom stereocenters. The Morgan fingerprint density at radius 2 is 1.88 bits per heavy atom. The molecule has 3 nitrogen and oxygen atoms in total. The standard InChI is InChI=1S/C8H6BrClF3NO2S/c9-4-17(15,16)14-7-2-5(8(11,12)13)1-6(10)3-7/h1-3,14H,4H2. The highest BCUT2D eigenvalue weighted by Crippen LogP contribution is 2.33. The van der Waals surface area contributed by atoms with Crippen molar-refractivity contribution in [3.8, 4) is 0 Å². The van der Waals surface area contributed by atoms with Crippen molar-refractivity contribution in [3.05, 3.63) is 28.8 Å². The number of hydrogen-bond acceptors (Lipinski definition) is 2. The van der Waals surface area contributed by atoms with Crippen LogP contribution in [-0.2, 0) is 16.2 Å². The number of nitrogens with one attached hydrogen (secondary N) is 1. The van der Waals surface area contributed by atoms with Gasteiger partial charge in [0.05, 0.1) is 11.3 Å². The smallest absolute Gasteiger partial charge is 0.283 e. The van der Waals surface area contributed by atoms with E-state index in [2.05, 4.69) is 15.9 Å². The molecule has 0 unspecified atom stereocenters. The normalized spacial score (nSPS) is 12.5. The van der Waals surface area contributed by atoms with Crippen molar-refractivity contribution in [2.75, 3.05) is 9.38 Å². The van der Waals surface area contributed by atoms with E-state index in [4.69, 9.17) is 11.6 Å². The molecule has 1 rings (SSSR count). The zero-order chi connectivity index (χ0) is 13.3. The summed E-state index contributed by atoms with van der Waals surface area (Å²) in [5.74, 6) is 0. The lowest BCUT2D eigenvalue weighted by molar-refractivity contribution is -0.137. The van der Waals surface area contributed by atoms with Crippen molar-refractivity contribution in [2.45, 2.75) is 6.18 Å². The van der Waals surface area contributed by atoms with Gasteiger partial charge in [-0.05, 0) is 18.2 Å². The Labute approximate surface area is 109 Å². The van der Waals surface area contributed by atoms with Crippen LogP contribution in [0.1, 0.15) is 5.56 Å². The van der Waals surface area contributed by atoms with Crippen LogP contribution in [0.5, 0.6) is 0 Å². The third-order valence-corrected chi connectivity index (χ3v) is 4.50. The van der Waals surface area contributed by atoms with Gasteiger partial charge < -0.3 is 0 Å². The van der Waals surface area contributed by atoms with Gasteiger partial charge in [-0.1, -0.05) is 27.5 Å². The van der Waals surface area contributed by atoms with Gasteiger partial charge in [-0.3, -0.25) is 4.72 Å². The second-order valence-electron chi connectivity index (χ2n) is 3.05. The number of halogens is 5. The fraction of sp³-hybridized carbons (Fsp3) is 0.250. The largest absolute Gasteiger partial charge is 0.416 e. The number of alkyl halides is 4. The number of anilines is 1. The predicted molar refractivity (Wildman–Crippen MR) is 62.8 cm³/mol. The van der Waals surface area contributed by atoms with Gasteiger partial charge in [0, 0.05) is 5.02 Å². The highest BCUT2D eigenvalue weighted by atomic mass is 79.9. The van der Waals surface area contributed by atoms with E-state index >= 15 is 0 Å². The molecular weight excluding hydrogens is 347 g/mol. The molecule has 96 valence electrons. The van der Waals surface area contributed by atoms with E-state index in [9.17, 15) is 21.6 Å². The summed E-state index contributed by atoms with van der Waals surface area (Å²) in [6.45, 7) is 0. The molecule has 0 saturated carbocycles. The van der Waals surface area contributed by atoms with E-state index < -0.39 is 26.4 Å². The monoisotopic (exact) mass is 351 g/mol. The fourth-order valence-electron chi connectivity index (χ4n) is 1.02. The third-order valence-electron chi connectivity index (χ3n) is 1.64. The van der Waals surface area contributed by atoms with Crippen molar-refractivity contribution in [1.29, 1.82) is 0 Å². The van der Waals surface area contributed by atoms with Crippen molar-refractivity contribution in [2.24, 2.45) is 0 Å². The van der Waals surface area contributed by atoms with Gasteiger partial charge in [0.2, 0.25) is 10.0 Å². The van der Waals surface area contributed by atoms with Crippen molar-refractivity contribution >= 4 is 43.2 Å². The third kappa shape index (κ3) is 4.36. The van der Waals surface area contributed by atoms with Crippen LogP contribution in [0.2, 0.25) is 5.02 Å². The van der Waals surface area contributed by atoms with Gasteiger partial charge in [-0.25, -0.2) is 8.42 Å². The Bertz CT molecular complexity index is 518. The molecule has 1 aromatic rings. The summed E-state index contributed by atoms with van der Waals surface area (Å²) in [6.07, 6.45) is -4.58. The number of rotatable bonds is 3. The summed E-state index contributed by atoms with van der Waals surface area (Å²) in [6, 6.07) is 2.48. The van der Waals surface area contributed by atoms with Gasteiger partial charge >= 0.3 is 6.18 Å². The summed E-state index contributed by atoms with van der Waals surface area (Å²) in [4.78, 5) is 0. The van der Waals surface area contributed by atoms with E-state index in [0.29, 0.717) is 12.1 Å². The lowest BCUT2D eigenvalue weighted by Crippen LogP contribution is -2.14. The molecule has 0 aromatic heterocycles. The molecule has 0 fully saturated rings. The molecule has 0 saturated heterocycles. The predicted octanol–water partition coefficient (Wildman–Crippen LogP) is 3.45. The van der Waals surface area contributed by atoms with Crippen molar-refractivity contribution in [3.63, 3.8) is 0 Å². The van der Waals surface area contributed by atoms with E-state index in [0.717, 1.165) is 6.07 Å². The molecule has 9 heteroatoms. The average molecular weight is 353 g/mol. The van der Waals surface area contributed by atoms with E-state index in [1.807, 2.05) is 4.72 Å². The summed E-state index contributed by atoms with van der Waals surface area (Å²) in [5, 5.41) is -0.202. The van der Waals surface area contributed by atoms with Gasteiger partial charge in [0.15, 0.2) is 0 Å². The van der Waals surface area contributed by atoms with Crippen LogP contribution in [0.25, 0.3) is 0 Å². The summed E-state index contributed by atoms with van der Waals surface area (Å²) in [5.41, 5.74) is -1.25. The first-order valence-electron chi connectivity index (χ1n) is 4.08. The Hall–Kier alpha value is -0.470. The minimum atomic E-state index is -4.58. The Morgan fingerprint density at radius 1 is 1.29 bits per heavy atom. The minimum Gasteiger partial charge on any atom is -0.283 e. The molecule has 17 heavy (non-hydrogen) atoms. The SMILES string of the molecule is O=S(=O)(CBr)Nc1cc(Cl)cc(C(F)(F)F)c1. The number of benzene rings is 1. The Kier molecular flexibility index (Phi) is 4.32. The van der Waals surface area contributed by atoms with Gasteiger partial charge in [0.1, 0.15) is 4.66 Å². The summed E-state index contributed by atoms with van der Waals surface area (Å²) >= 11 is 8.18. The summed E-state index contributed by atoms with van der Waals surface area (Å²) in [7, 11) is -3.71. The molecule has 0 radical (unpaired) electrons. The van der Waals surface area contributed by atoms with Crippen LogP contribution in [-0.4, -0.2) is 13.1 Å². The van der Waals surface area contributed by atoms with Crippen molar-refractivity contribution < 1.29 is 21.6 Å². The highest BCUT2D eigenvalue weighted by Gasteiger charge is 2.31. The van der Waals surface area contributed by atoms with Gasteiger partial charge in [-0.2, -0.15) is 13.2 Å². The van der Waals surface area contributed by atoms with Crippen LogP contribution in [0.3, 0.4) is 0 Å². The fourth-order valence-corrected chi connectivity index (χ4v) is 2.13. The first-order valence-corrected chi connectivity index (χ1v) is 7.23. The quantitative estimate of drug-likeness (QED) is 0.847. The van der Waals surface area contributed by atoms with E-state index in [1.54, 1.807) is 0 Å². The lowest BCUT2D eigenvalue weighted by atomic mass is 10.2. The first kappa shape index (κ1) is 14.6. The second-order valence-corrected chi connectivity index (χ2v) is 6.51. The molecule has 0 amide bonds. The maximum Gasteiger partial charge on any atom is 0.416 e. The van der Waals surface area contributed by atoms with Crippen LogP contribution < -0.4 is 4.72 Å². The Balaban J connectivity index is 3.15. The number of sulfonamides is 1.